The van der Waals surface area contributed by atoms with E-state index in [9.17, 15) is 13.6 Å². The number of carbonyl (C=O) groups is 1. The van der Waals surface area contributed by atoms with Crippen molar-refractivity contribution in [1.82, 2.24) is 15.5 Å². The summed E-state index contributed by atoms with van der Waals surface area (Å²) in [5.41, 5.74) is 1.25. The van der Waals surface area contributed by atoms with Gasteiger partial charge in [-0.1, -0.05) is 17.3 Å². The van der Waals surface area contributed by atoms with E-state index in [1.54, 1.807) is 12.1 Å². The van der Waals surface area contributed by atoms with Crippen LogP contribution in [0.25, 0.3) is 11.5 Å². The van der Waals surface area contributed by atoms with E-state index in [1.165, 1.54) is 36.4 Å². The van der Waals surface area contributed by atoms with Crippen LogP contribution in [0, 0.1) is 11.6 Å². The topological polar surface area (TPSA) is 68.0 Å². The number of hydrogen-bond acceptors (Lipinski definition) is 4. The summed E-state index contributed by atoms with van der Waals surface area (Å²) < 4.78 is 30.6. The van der Waals surface area contributed by atoms with Gasteiger partial charge in [0.25, 0.3) is 17.6 Å². The molecule has 0 unspecified atom stereocenters. The van der Waals surface area contributed by atoms with E-state index in [-0.39, 0.29) is 29.9 Å². The average molecular weight is 315 g/mol. The third-order valence-electron chi connectivity index (χ3n) is 3.09. The molecule has 1 N–H and O–H groups in total. The Kier molecular flexibility index (Phi) is 4.09. The Balaban J connectivity index is 1.66. The van der Waals surface area contributed by atoms with Crippen molar-refractivity contribution in [3.8, 4) is 11.5 Å². The van der Waals surface area contributed by atoms with Crippen LogP contribution in [0.5, 0.6) is 0 Å². The van der Waals surface area contributed by atoms with Crippen LogP contribution in [0.1, 0.15) is 16.2 Å². The highest BCUT2D eigenvalue weighted by molar-refractivity contribution is 5.90. The summed E-state index contributed by atoms with van der Waals surface area (Å²) in [6, 6.07) is 11.2. The Hall–Kier alpha value is -3.09. The molecule has 3 rings (SSSR count). The maximum atomic E-state index is 12.9. The van der Waals surface area contributed by atoms with Crippen molar-refractivity contribution in [3.63, 3.8) is 0 Å². The molecule has 2 aromatic carbocycles. The van der Waals surface area contributed by atoms with Gasteiger partial charge in [-0.25, -0.2) is 8.78 Å². The number of hydrogen-bond donors (Lipinski definition) is 1. The number of nitrogens with one attached hydrogen (secondary N) is 1. The molecule has 116 valence electrons. The third-order valence-corrected chi connectivity index (χ3v) is 3.09. The molecular weight excluding hydrogens is 304 g/mol. The lowest BCUT2D eigenvalue weighted by atomic mass is 10.2. The lowest BCUT2D eigenvalue weighted by Gasteiger charge is -2.02. The Morgan fingerprint density at radius 1 is 1.00 bits per heavy atom. The number of aromatic nitrogens is 2. The summed E-state index contributed by atoms with van der Waals surface area (Å²) in [7, 11) is 0. The molecule has 0 atom stereocenters. The summed E-state index contributed by atoms with van der Waals surface area (Å²) >= 11 is 0. The predicted octanol–water partition coefficient (Wildman–Crippen LogP) is 2.94. The molecule has 0 aliphatic carbocycles. The fourth-order valence-electron chi connectivity index (χ4n) is 1.89. The van der Waals surface area contributed by atoms with Gasteiger partial charge in [0.05, 0.1) is 0 Å². The van der Waals surface area contributed by atoms with Gasteiger partial charge in [0, 0.05) is 12.1 Å². The molecule has 0 saturated heterocycles. The van der Waals surface area contributed by atoms with Crippen molar-refractivity contribution >= 4 is 5.91 Å². The molecule has 0 radical (unpaired) electrons. The normalized spacial score (nSPS) is 10.5. The molecule has 1 amide bonds. The van der Waals surface area contributed by atoms with Crippen molar-refractivity contribution in [3.05, 3.63) is 71.6 Å². The largest absolute Gasteiger partial charge is 0.345 e. The quantitative estimate of drug-likeness (QED) is 0.804. The maximum Gasteiger partial charge on any atom is 0.292 e. The zero-order valence-electron chi connectivity index (χ0n) is 11.8. The fraction of sp³-hybridized carbons (Fsp3) is 0.0625. The molecular formula is C16H11F2N3O2. The number of halogens is 2. The molecule has 3 aromatic rings. The minimum atomic E-state index is -0.522. The van der Waals surface area contributed by atoms with E-state index in [0.29, 0.717) is 5.56 Å². The molecule has 1 heterocycles. The van der Waals surface area contributed by atoms with Gasteiger partial charge in [0.2, 0.25) is 0 Å². The highest BCUT2D eigenvalue weighted by atomic mass is 19.1. The summed E-state index contributed by atoms with van der Waals surface area (Å²) in [4.78, 5) is 15.9. The smallest absolute Gasteiger partial charge is 0.292 e. The van der Waals surface area contributed by atoms with Gasteiger partial charge in [-0.3, -0.25) is 4.79 Å². The van der Waals surface area contributed by atoms with Crippen LogP contribution in [-0.2, 0) is 6.54 Å². The van der Waals surface area contributed by atoms with Gasteiger partial charge >= 0.3 is 0 Å². The first-order valence-electron chi connectivity index (χ1n) is 6.74. The second kappa shape index (κ2) is 6.35. The number of carbonyl (C=O) groups excluding carboxylic acids is 1. The lowest BCUT2D eigenvalue weighted by molar-refractivity contribution is 0.0937. The van der Waals surface area contributed by atoms with Crippen LogP contribution in [-0.4, -0.2) is 16.0 Å². The summed E-state index contributed by atoms with van der Waals surface area (Å²) in [6.45, 7) is 0.208. The zero-order chi connectivity index (χ0) is 16.2. The third kappa shape index (κ3) is 3.57. The first-order chi connectivity index (χ1) is 11.1. The van der Waals surface area contributed by atoms with E-state index in [4.69, 9.17) is 4.52 Å². The summed E-state index contributed by atoms with van der Waals surface area (Å²) in [5, 5.41) is 6.19. The molecule has 23 heavy (non-hydrogen) atoms. The number of amides is 1. The highest BCUT2D eigenvalue weighted by Gasteiger charge is 2.15. The highest BCUT2D eigenvalue weighted by Crippen LogP contribution is 2.17. The Morgan fingerprint density at radius 2 is 1.61 bits per heavy atom. The Morgan fingerprint density at radius 3 is 2.26 bits per heavy atom. The second-order valence-corrected chi connectivity index (χ2v) is 4.74. The first kappa shape index (κ1) is 14.8. The summed E-state index contributed by atoms with van der Waals surface area (Å²) in [6.07, 6.45) is 0. The van der Waals surface area contributed by atoms with Crippen LogP contribution in [0.4, 0.5) is 8.78 Å². The molecule has 1 aromatic heterocycles. The van der Waals surface area contributed by atoms with E-state index in [0.717, 1.165) is 5.56 Å². The Bertz CT molecular complexity index is 814. The van der Waals surface area contributed by atoms with Gasteiger partial charge < -0.3 is 9.84 Å². The molecule has 0 saturated carbocycles. The van der Waals surface area contributed by atoms with Gasteiger partial charge in [-0.05, 0) is 42.0 Å². The second-order valence-electron chi connectivity index (χ2n) is 4.74. The molecule has 0 spiro atoms. The Labute approximate surface area is 130 Å². The first-order valence-corrected chi connectivity index (χ1v) is 6.74. The maximum absolute atomic E-state index is 12.9. The standard InChI is InChI=1S/C16H11F2N3O2/c17-12-5-1-10(2-6-12)9-19-15(22)14-20-16(23-21-14)11-3-7-13(18)8-4-11/h1-8H,9H2,(H,19,22). The molecule has 0 aliphatic heterocycles. The SMILES string of the molecule is O=C(NCc1ccc(F)cc1)c1noc(-c2ccc(F)cc2)n1. The van der Waals surface area contributed by atoms with Gasteiger partial charge in [-0.2, -0.15) is 4.98 Å². The number of nitrogens with zero attached hydrogens (tertiary/aromatic N) is 2. The predicted molar refractivity (Wildman–Crippen MR) is 77.3 cm³/mol. The van der Waals surface area contributed by atoms with E-state index < -0.39 is 5.91 Å². The number of benzene rings is 2. The minimum Gasteiger partial charge on any atom is -0.345 e. The lowest BCUT2D eigenvalue weighted by Crippen LogP contribution is -2.23. The fourth-order valence-corrected chi connectivity index (χ4v) is 1.89. The van der Waals surface area contributed by atoms with Crippen LogP contribution >= 0.6 is 0 Å². The van der Waals surface area contributed by atoms with Crippen LogP contribution < -0.4 is 5.32 Å². The summed E-state index contributed by atoms with van der Waals surface area (Å²) in [5.74, 6) is -1.26. The molecule has 5 nitrogen and oxygen atoms in total. The van der Waals surface area contributed by atoms with E-state index in [2.05, 4.69) is 15.5 Å². The van der Waals surface area contributed by atoms with E-state index >= 15 is 0 Å². The van der Waals surface area contributed by atoms with Crippen LogP contribution in [0.15, 0.2) is 53.1 Å². The van der Waals surface area contributed by atoms with E-state index in [1.807, 2.05) is 0 Å². The van der Waals surface area contributed by atoms with Crippen molar-refractivity contribution in [1.29, 1.82) is 0 Å². The van der Waals surface area contributed by atoms with Crippen LogP contribution in [0.2, 0.25) is 0 Å². The molecule has 7 heteroatoms. The number of rotatable bonds is 4. The van der Waals surface area contributed by atoms with Crippen molar-refractivity contribution in [2.75, 3.05) is 0 Å². The van der Waals surface area contributed by atoms with Crippen molar-refractivity contribution < 1.29 is 18.1 Å². The zero-order valence-corrected chi connectivity index (χ0v) is 11.8. The van der Waals surface area contributed by atoms with Gasteiger partial charge in [-0.15, -0.1) is 0 Å². The molecule has 0 aliphatic rings. The average Bonchev–Trinajstić information content (AvgIpc) is 3.05. The monoisotopic (exact) mass is 315 g/mol. The van der Waals surface area contributed by atoms with Crippen molar-refractivity contribution in [2.45, 2.75) is 6.54 Å². The van der Waals surface area contributed by atoms with Gasteiger partial charge in [0.1, 0.15) is 11.6 Å². The molecule has 0 fully saturated rings. The van der Waals surface area contributed by atoms with Crippen LogP contribution in [0.3, 0.4) is 0 Å². The van der Waals surface area contributed by atoms with Gasteiger partial charge in [0.15, 0.2) is 0 Å². The molecule has 0 bridgehead atoms. The minimum absolute atomic E-state index is 0.122. The van der Waals surface area contributed by atoms with Crippen molar-refractivity contribution in [2.24, 2.45) is 0 Å².